The highest BCUT2D eigenvalue weighted by atomic mass is 32.1. The minimum atomic E-state index is -1.14. The summed E-state index contributed by atoms with van der Waals surface area (Å²) in [5.74, 6) is -1.87. The molecule has 0 aromatic carbocycles. The molecule has 0 bridgehead atoms. The molecule has 2 rings (SSSR count). The molecule has 106 valence electrons. The van der Waals surface area contributed by atoms with Gasteiger partial charge in [0.05, 0.1) is 0 Å². The van der Waals surface area contributed by atoms with Gasteiger partial charge in [-0.3, -0.25) is 9.59 Å². The molecule has 0 aliphatic carbocycles. The van der Waals surface area contributed by atoms with Crippen LogP contribution in [-0.4, -0.2) is 40.7 Å². The predicted molar refractivity (Wildman–Crippen MR) is 72.3 cm³/mol. The highest BCUT2D eigenvalue weighted by molar-refractivity contribution is 7.10. The molecule has 0 fully saturated rings. The lowest BCUT2D eigenvalue weighted by Gasteiger charge is -2.20. The molecule has 0 saturated heterocycles. The maximum Gasteiger partial charge on any atom is 0.331 e. The minimum absolute atomic E-state index is 0.162. The lowest BCUT2D eigenvalue weighted by molar-refractivity contribution is -0.141. The molecule has 1 unspecified atom stereocenters. The summed E-state index contributed by atoms with van der Waals surface area (Å²) in [7, 11) is 1.46. The van der Waals surface area contributed by atoms with Crippen LogP contribution < -0.4 is 5.32 Å². The van der Waals surface area contributed by atoms with Crippen LogP contribution in [0.2, 0.25) is 0 Å². The van der Waals surface area contributed by atoms with Crippen LogP contribution in [0.1, 0.15) is 23.8 Å². The van der Waals surface area contributed by atoms with E-state index in [4.69, 9.17) is 0 Å². The molecule has 8 heteroatoms. The lowest BCUT2D eigenvalue weighted by atomic mass is 10.1. The Hall–Kier alpha value is -2.22. The zero-order valence-electron chi connectivity index (χ0n) is 10.7. The molecule has 1 aliphatic heterocycles. The molecule has 0 radical (unpaired) electrons. The highest BCUT2D eigenvalue weighted by Crippen LogP contribution is 2.19. The van der Waals surface area contributed by atoms with Crippen molar-refractivity contribution in [2.45, 2.75) is 18.9 Å². The van der Waals surface area contributed by atoms with Crippen LogP contribution in [0.15, 0.2) is 22.6 Å². The van der Waals surface area contributed by atoms with Gasteiger partial charge in [-0.25, -0.2) is 9.80 Å². The second-order valence-corrected chi connectivity index (χ2v) is 5.20. The van der Waals surface area contributed by atoms with Crippen LogP contribution in [-0.2, 0) is 14.4 Å². The molecule has 1 aliphatic rings. The first-order chi connectivity index (χ1) is 9.49. The summed E-state index contributed by atoms with van der Waals surface area (Å²) in [6.07, 6.45) is 0.408. The van der Waals surface area contributed by atoms with Crippen molar-refractivity contribution in [2.75, 3.05) is 7.05 Å². The maximum absolute atomic E-state index is 12.0. The SMILES string of the molecule is CN1N=C(C(=O)NC(C(=O)O)c2cccs2)CCC1=O. The monoisotopic (exact) mass is 295 g/mol. The van der Waals surface area contributed by atoms with E-state index in [-0.39, 0.29) is 24.5 Å². The van der Waals surface area contributed by atoms with Gasteiger partial charge in [0, 0.05) is 24.8 Å². The number of carbonyl (C=O) groups is 3. The normalized spacial score (nSPS) is 16.6. The van der Waals surface area contributed by atoms with Crippen LogP contribution in [0.5, 0.6) is 0 Å². The van der Waals surface area contributed by atoms with Gasteiger partial charge in [0.2, 0.25) is 5.91 Å². The average Bonchev–Trinajstić information content (AvgIpc) is 2.92. The van der Waals surface area contributed by atoms with Crippen molar-refractivity contribution in [1.29, 1.82) is 0 Å². The number of amides is 2. The fraction of sp³-hybridized carbons (Fsp3) is 0.333. The third-order valence-electron chi connectivity index (χ3n) is 2.82. The Morgan fingerprint density at radius 1 is 1.50 bits per heavy atom. The van der Waals surface area contributed by atoms with Crippen molar-refractivity contribution in [1.82, 2.24) is 10.3 Å². The number of thiophene rings is 1. The molecule has 1 aromatic heterocycles. The standard InChI is InChI=1S/C12H13N3O4S/c1-15-9(16)5-4-7(14-15)11(17)13-10(12(18)19)8-3-2-6-20-8/h2-3,6,10H,4-5H2,1H3,(H,13,17)(H,18,19). The molecular formula is C12H13N3O4S. The third-order valence-corrected chi connectivity index (χ3v) is 3.76. The summed E-state index contributed by atoms with van der Waals surface area (Å²) in [5, 5.41) is 18.3. The van der Waals surface area contributed by atoms with E-state index in [1.807, 2.05) is 0 Å². The van der Waals surface area contributed by atoms with Gasteiger partial charge in [-0.2, -0.15) is 5.10 Å². The molecule has 1 atom stereocenters. The van der Waals surface area contributed by atoms with E-state index in [0.29, 0.717) is 4.88 Å². The molecule has 7 nitrogen and oxygen atoms in total. The molecule has 2 N–H and O–H groups in total. The van der Waals surface area contributed by atoms with Gasteiger partial charge in [-0.1, -0.05) is 6.07 Å². The van der Waals surface area contributed by atoms with E-state index < -0.39 is 17.9 Å². The van der Waals surface area contributed by atoms with Gasteiger partial charge in [-0.15, -0.1) is 11.3 Å². The van der Waals surface area contributed by atoms with Crippen LogP contribution >= 0.6 is 11.3 Å². The molecular weight excluding hydrogens is 282 g/mol. The zero-order chi connectivity index (χ0) is 14.7. The number of carbonyl (C=O) groups excluding carboxylic acids is 2. The number of carboxylic acid groups (broad SMARTS) is 1. The number of nitrogens with one attached hydrogen (secondary N) is 1. The highest BCUT2D eigenvalue weighted by Gasteiger charge is 2.27. The number of hydrazone groups is 1. The van der Waals surface area contributed by atoms with Crippen molar-refractivity contribution >= 4 is 34.8 Å². The lowest BCUT2D eigenvalue weighted by Crippen LogP contribution is -2.41. The van der Waals surface area contributed by atoms with E-state index in [9.17, 15) is 19.5 Å². The summed E-state index contributed by atoms with van der Waals surface area (Å²) in [6, 6.07) is 2.25. The fourth-order valence-electron chi connectivity index (χ4n) is 1.76. The summed E-state index contributed by atoms with van der Waals surface area (Å²) in [4.78, 5) is 35.0. The van der Waals surface area contributed by atoms with Gasteiger partial charge in [0.15, 0.2) is 6.04 Å². The molecule has 0 saturated carbocycles. The average molecular weight is 295 g/mol. The number of hydrogen-bond donors (Lipinski definition) is 2. The van der Waals surface area contributed by atoms with Gasteiger partial charge < -0.3 is 10.4 Å². The molecule has 20 heavy (non-hydrogen) atoms. The van der Waals surface area contributed by atoms with Crippen molar-refractivity contribution in [3.05, 3.63) is 22.4 Å². The van der Waals surface area contributed by atoms with Gasteiger partial charge in [0.25, 0.3) is 5.91 Å². The van der Waals surface area contributed by atoms with E-state index >= 15 is 0 Å². The Morgan fingerprint density at radius 2 is 2.25 bits per heavy atom. The second-order valence-electron chi connectivity index (χ2n) is 4.22. The summed E-state index contributed by atoms with van der Waals surface area (Å²) >= 11 is 1.25. The van der Waals surface area contributed by atoms with Crippen molar-refractivity contribution in [3.63, 3.8) is 0 Å². The van der Waals surface area contributed by atoms with Crippen molar-refractivity contribution in [3.8, 4) is 0 Å². The zero-order valence-corrected chi connectivity index (χ0v) is 11.5. The Kier molecular flexibility index (Phi) is 4.14. The van der Waals surface area contributed by atoms with Gasteiger partial charge >= 0.3 is 5.97 Å². The number of carboxylic acids is 1. The molecule has 2 amide bonds. The van der Waals surface area contributed by atoms with Crippen LogP contribution in [0, 0.1) is 0 Å². The predicted octanol–water partition coefficient (Wildman–Crippen LogP) is 0.598. The van der Waals surface area contributed by atoms with Crippen molar-refractivity contribution < 1.29 is 19.5 Å². The van der Waals surface area contributed by atoms with E-state index in [1.54, 1.807) is 17.5 Å². The summed E-state index contributed by atoms with van der Waals surface area (Å²) < 4.78 is 0. The smallest absolute Gasteiger partial charge is 0.331 e. The Labute approximate surface area is 118 Å². The first-order valence-corrected chi connectivity index (χ1v) is 6.78. The number of hydrogen-bond acceptors (Lipinski definition) is 5. The Balaban J connectivity index is 2.12. The van der Waals surface area contributed by atoms with Gasteiger partial charge in [0.1, 0.15) is 5.71 Å². The van der Waals surface area contributed by atoms with Crippen LogP contribution in [0.4, 0.5) is 0 Å². The minimum Gasteiger partial charge on any atom is -0.479 e. The topological polar surface area (TPSA) is 99.1 Å². The first kappa shape index (κ1) is 14.2. The van der Waals surface area contributed by atoms with E-state index in [2.05, 4.69) is 10.4 Å². The molecule has 2 heterocycles. The fourth-order valence-corrected chi connectivity index (χ4v) is 2.52. The second kappa shape index (κ2) is 5.83. The van der Waals surface area contributed by atoms with E-state index in [0.717, 1.165) is 5.01 Å². The largest absolute Gasteiger partial charge is 0.479 e. The maximum atomic E-state index is 12.0. The number of rotatable bonds is 4. The number of aliphatic carboxylic acids is 1. The third kappa shape index (κ3) is 3.02. The molecule has 1 aromatic rings. The van der Waals surface area contributed by atoms with Crippen LogP contribution in [0.3, 0.4) is 0 Å². The van der Waals surface area contributed by atoms with Crippen LogP contribution in [0.25, 0.3) is 0 Å². The number of nitrogens with zero attached hydrogens (tertiary/aromatic N) is 2. The Morgan fingerprint density at radius 3 is 2.80 bits per heavy atom. The van der Waals surface area contributed by atoms with E-state index in [1.165, 1.54) is 18.4 Å². The Bertz CT molecular complexity index is 567. The quantitative estimate of drug-likeness (QED) is 0.849. The van der Waals surface area contributed by atoms with Gasteiger partial charge in [-0.05, 0) is 11.4 Å². The molecule has 0 spiro atoms. The summed E-state index contributed by atoms with van der Waals surface area (Å²) in [5.41, 5.74) is 0.162. The summed E-state index contributed by atoms with van der Waals surface area (Å²) in [6.45, 7) is 0. The first-order valence-electron chi connectivity index (χ1n) is 5.90. The van der Waals surface area contributed by atoms with Crippen molar-refractivity contribution in [2.24, 2.45) is 5.10 Å².